The second kappa shape index (κ2) is 15.8. The molecule has 0 radical (unpaired) electrons. The molecule has 10 N–H and O–H groups in total. The number of carbonyl (C=O) groups excluding carboxylic acids is 1. The number of fused-ring (bicyclic) bond motifs is 6. The molecule has 2 heterocycles. The van der Waals surface area contributed by atoms with Crippen LogP contribution >= 0.6 is 0 Å². The van der Waals surface area contributed by atoms with Crippen molar-refractivity contribution in [1.82, 2.24) is 10.6 Å². The van der Waals surface area contributed by atoms with Gasteiger partial charge in [-0.15, -0.1) is 11.8 Å². The molecular weight excluding hydrogens is 795 g/mol. The minimum Gasteiger partial charge on any atom is -0.392 e. The SMILES string of the molecule is CCCC1CCC2OC3C(CCCCC3(O)C(C)(O)C3CCC4(O)C5=C(NCC(C)O)C(=O)C67CC#CCC34CC3C=CC(C4=CNC(N)C=C4)CC6(CC(O)C(O)C7)C53)C2CC1. The van der Waals surface area contributed by atoms with E-state index >= 15 is 4.79 Å². The molecule has 19 unspecified atom stereocenters. The predicted molar refractivity (Wildman–Crippen MR) is 239 cm³/mol. The topological polar surface area (TPSA) is 198 Å². The lowest BCUT2D eigenvalue weighted by Crippen LogP contribution is -2.72. The van der Waals surface area contributed by atoms with Gasteiger partial charge in [-0.05, 0) is 137 Å². The number of ether oxygens (including phenoxy) is 1. The Morgan fingerprint density at radius 2 is 1.73 bits per heavy atom. The van der Waals surface area contributed by atoms with Gasteiger partial charge in [-0.1, -0.05) is 57.3 Å². The average molecular weight is 870 g/mol. The fourth-order valence-corrected chi connectivity index (χ4v) is 16.9. The third kappa shape index (κ3) is 6.31. The van der Waals surface area contributed by atoms with E-state index in [4.69, 9.17) is 10.5 Å². The molecule has 6 bridgehead atoms. The van der Waals surface area contributed by atoms with Gasteiger partial charge in [0.05, 0.1) is 59.0 Å². The largest absolute Gasteiger partial charge is 0.392 e. The molecule has 6 fully saturated rings. The number of ketones is 1. The maximum absolute atomic E-state index is 16.0. The first kappa shape index (κ1) is 44.3. The molecule has 9 aliphatic carbocycles. The molecule has 0 aromatic rings. The van der Waals surface area contributed by atoms with Gasteiger partial charge >= 0.3 is 0 Å². The van der Waals surface area contributed by atoms with Crippen molar-refractivity contribution in [3.8, 4) is 11.8 Å². The first-order valence-electron chi connectivity index (χ1n) is 25.0. The number of Topliss-reactive ketones (excluding diaryl/α,β-unsaturated/α-hetero) is 1. The number of nitrogens with one attached hydrogen (secondary N) is 2. The van der Waals surface area contributed by atoms with Gasteiger partial charge in [-0.3, -0.25) is 4.79 Å². The second-order valence-corrected chi connectivity index (χ2v) is 22.7. The summed E-state index contributed by atoms with van der Waals surface area (Å²) in [5.41, 5.74) is -0.00356. The van der Waals surface area contributed by atoms with Crippen molar-refractivity contribution in [3.05, 3.63) is 47.3 Å². The fourth-order valence-electron chi connectivity index (χ4n) is 16.9. The van der Waals surface area contributed by atoms with Crippen LogP contribution in [0.1, 0.15) is 136 Å². The van der Waals surface area contributed by atoms with Crippen LogP contribution in [0.4, 0.5) is 0 Å². The van der Waals surface area contributed by atoms with Crippen LogP contribution in [0.25, 0.3) is 0 Å². The second-order valence-electron chi connectivity index (χ2n) is 22.7. The number of allylic oxidation sites excluding steroid dienone is 5. The summed E-state index contributed by atoms with van der Waals surface area (Å²) in [6.45, 7) is 5.84. The molecule has 11 rings (SSSR count). The highest BCUT2D eigenvalue weighted by Gasteiger charge is 2.79. The summed E-state index contributed by atoms with van der Waals surface area (Å²) in [5, 5.41) is 82.3. The molecule has 346 valence electrons. The Balaban J connectivity index is 1.14. The van der Waals surface area contributed by atoms with Crippen LogP contribution < -0.4 is 16.4 Å². The standard InChI is InChI=1S/C52H75N3O8/c1-4-9-31-11-16-35-36-10-5-6-22-52(62,46(36)63-39(35)17-12-31)47(3,60)40-19-23-51(61)43-42-33-14-13-32(34-15-18-41(53)54-29-34)24-50(42)27-38(58)37(57)26-49(50,21-8-7-20-48(40,51)25-33)45(59)44(43)55-28-30(2)56/h13-15,18,29-33,35-42,46,54-58,60-62H,4-6,9-12,16-17,19-28,53H2,1-3H3. The number of carbonyl (C=O) groups is 1. The summed E-state index contributed by atoms with van der Waals surface area (Å²) in [7, 11) is 0. The van der Waals surface area contributed by atoms with E-state index in [-0.39, 0.29) is 74.5 Å². The Morgan fingerprint density at radius 3 is 2.49 bits per heavy atom. The Hall–Kier alpha value is -2.53. The van der Waals surface area contributed by atoms with Gasteiger partial charge in [-0.2, -0.15) is 0 Å². The summed E-state index contributed by atoms with van der Waals surface area (Å²) in [6, 6.07) is 0. The number of aliphatic hydroxyl groups excluding tert-OH is 3. The summed E-state index contributed by atoms with van der Waals surface area (Å²) >= 11 is 0. The Kier molecular flexibility index (Phi) is 11.1. The molecule has 19 atom stereocenters. The smallest absolute Gasteiger partial charge is 0.186 e. The highest BCUT2D eigenvalue weighted by molar-refractivity contribution is 6.03. The van der Waals surface area contributed by atoms with Crippen LogP contribution in [-0.4, -0.2) is 96.5 Å². The van der Waals surface area contributed by atoms with Gasteiger partial charge in [0.15, 0.2) is 5.78 Å². The highest BCUT2D eigenvalue weighted by atomic mass is 16.5. The lowest BCUT2D eigenvalue weighted by Gasteiger charge is -2.68. The van der Waals surface area contributed by atoms with Gasteiger partial charge in [0, 0.05) is 42.8 Å². The van der Waals surface area contributed by atoms with Crippen molar-refractivity contribution >= 4 is 5.78 Å². The number of nitrogens with two attached hydrogens (primary N) is 1. The van der Waals surface area contributed by atoms with E-state index in [1.807, 2.05) is 25.3 Å². The van der Waals surface area contributed by atoms with Crippen LogP contribution in [0.2, 0.25) is 0 Å². The minimum atomic E-state index is -1.70. The molecule has 1 saturated heterocycles. The van der Waals surface area contributed by atoms with Gasteiger partial charge in [0.2, 0.25) is 0 Å². The number of dihydropyridines is 1. The molecule has 0 aromatic heterocycles. The van der Waals surface area contributed by atoms with E-state index in [1.165, 1.54) is 19.3 Å². The first-order chi connectivity index (χ1) is 30.1. The van der Waals surface area contributed by atoms with E-state index < -0.39 is 69.3 Å². The zero-order valence-corrected chi connectivity index (χ0v) is 37.9. The number of hydrogen-bond acceptors (Lipinski definition) is 11. The van der Waals surface area contributed by atoms with Crippen molar-refractivity contribution < 1.29 is 40.2 Å². The predicted octanol–water partition coefficient (Wildman–Crippen LogP) is 4.79. The highest BCUT2D eigenvalue weighted by Crippen LogP contribution is 2.77. The molecule has 11 nitrogen and oxygen atoms in total. The normalized spacial score (nSPS) is 49.9. The molecule has 3 spiro atoms. The average Bonchev–Trinajstić information content (AvgIpc) is 3.51. The van der Waals surface area contributed by atoms with E-state index in [0.29, 0.717) is 48.8 Å². The van der Waals surface area contributed by atoms with E-state index in [9.17, 15) is 30.6 Å². The maximum atomic E-state index is 16.0. The number of hydrogen-bond donors (Lipinski definition) is 9. The minimum absolute atomic E-state index is 0.0283. The molecule has 0 aromatic carbocycles. The third-order valence-corrected chi connectivity index (χ3v) is 19.7. The van der Waals surface area contributed by atoms with Gasteiger partial charge in [-0.25, -0.2) is 0 Å². The Bertz CT molecular complexity index is 2020. The van der Waals surface area contributed by atoms with Crippen LogP contribution in [0.15, 0.2) is 47.3 Å². The van der Waals surface area contributed by atoms with Crippen molar-refractivity contribution in [3.63, 3.8) is 0 Å². The molecule has 11 heteroatoms. The summed E-state index contributed by atoms with van der Waals surface area (Å²) in [5.74, 6) is 6.52. The molecule has 11 aliphatic rings. The number of aliphatic hydroxyl groups is 6. The first-order valence-corrected chi connectivity index (χ1v) is 25.0. The van der Waals surface area contributed by atoms with Crippen molar-refractivity contribution in [2.45, 2.75) is 190 Å². The Labute approximate surface area is 374 Å². The lowest BCUT2D eigenvalue weighted by molar-refractivity contribution is -0.257. The van der Waals surface area contributed by atoms with Crippen molar-refractivity contribution in [2.24, 2.45) is 63.4 Å². The Morgan fingerprint density at radius 1 is 0.952 bits per heavy atom. The summed E-state index contributed by atoms with van der Waals surface area (Å²) in [4.78, 5) is 16.0. The van der Waals surface area contributed by atoms with Crippen LogP contribution in [0, 0.1) is 69.5 Å². The fraction of sp³-hybridized carbons (Fsp3) is 0.788. The lowest BCUT2D eigenvalue weighted by atomic mass is 9.36. The van der Waals surface area contributed by atoms with Gasteiger partial charge < -0.3 is 51.7 Å². The maximum Gasteiger partial charge on any atom is 0.186 e. The van der Waals surface area contributed by atoms with Gasteiger partial charge in [0.1, 0.15) is 5.60 Å². The van der Waals surface area contributed by atoms with Gasteiger partial charge in [0.25, 0.3) is 0 Å². The zero-order chi connectivity index (χ0) is 44.3. The van der Waals surface area contributed by atoms with E-state index in [1.54, 1.807) is 6.92 Å². The molecule has 5 saturated carbocycles. The molecule has 63 heavy (non-hydrogen) atoms. The van der Waals surface area contributed by atoms with Crippen molar-refractivity contribution in [2.75, 3.05) is 6.54 Å². The van der Waals surface area contributed by atoms with Crippen LogP contribution in [-0.2, 0) is 9.53 Å². The molecule has 2 aliphatic heterocycles. The van der Waals surface area contributed by atoms with E-state index in [2.05, 4.69) is 41.6 Å². The van der Waals surface area contributed by atoms with Crippen LogP contribution in [0.5, 0.6) is 0 Å². The number of rotatable bonds is 8. The monoisotopic (exact) mass is 870 g/mol. The van der Waals surface area contributed by atoms with E-state index in [0.717, 1.165) is 44.1 Å². The summed E-state index contributed by atoms with van der Waals surface area (Å²) in [6.07, 6.45) is 18.7. The molecule has 0 amide bonds. The molecular formula is C52H75N3O8. The zero-order valence-electron chi connectivity index (χ0n) is 37.9. The van der Waals surface area contributed by atoms with Crippen molar-refractivity contribution in [1.29, 1.82) is 0 Å². The third-order valence-electron chi connectivity index (χ3n) is 19.7. The van der Waals surface area contributed by atoms with Crippen LogP contribution in [0.3, 0.4) is 0 Å². The quantitative estimate of drug-likeness (QED) is 0.120. The summed E-state index contributed by atoms with van der Waals surface area (Å²) < 4.78 is 7.14.